The molecule has 48 valence electrons. The zero-order chi connectivity index (χ0) is 6.22. The van der Waals surface area contributed by atoms with E-state index in [1.54, 1.807) is 0 Å². The Morgan fingerprint density at radius 1 is 1.78 bits per heavy atom. The Balaban J connectivity index is 2.05. The van der Waals surface area contributed by atoms with Crippen LogP contribution in [0.3, 0.4) is 0 Å². The van der Waals surface area contributed by atoms with E-state index in [1.807, 2.05) is 7.05 Å². The van der Waals surface area contributed by atoms with Gasteiger partial charge in [0.25, 0.3) is 0 Å². The molecule has 0 radical (unpaired) electrons. The Hall–Kier alpha value is -0.370. The van der Waals surface area contributed by atoms with Crippen molar-refractivity contribution in [3.63, 3.8) is 0 Å². The quantitative estimate of drug-likeness (QED) is 0.484. The lowest BCUT2D eigenvalue weighted by molar-refractivity contribution is 0.704. The van der Waals surface area contributed by atoms with Crippen LogP contribution in [0.4, 0.5) is 0 Å². The molecule has 9 heavy (non-hydrogen) atoms. The van der Waals surface area contributed by atoms with Crippen LogP contribution >= 0.6 is 0 Å². The van der Waals surface area contributed by atoms with Crippen LogP contribution in [-0.2, 0) is 0 Å². The molecule has 0 saturated heterocycles. The average molecular weight is 122 g/mol. The summed E-state index contributed by atoms with van der Waals surface area (Å²) in [6, 6.07) is 0.501. The second-order valence-electron chi connectivity index (χ2n) is 3.52. The van der Waals surface area contributed by atoms with E-state index in [0.29, 0.717) is 11.5 Å². The van der Waals surface area contributed by atoms with E-state index in [4.69, 9.17) is 5.73 Å². The summed E-state index contributed by atoms with van der Waals surface area (Å²) in [7, 11) is 1.89. The first-order valence-electron chi connectivity index (χ1n) is 3.54. The van der Waals surface area contributed by atoms with Gasteiger partial charge in [-0.3, -0.25) is 4.99 Å². The van der Waals surface area contributed by atoms with Gasteiger partial charge in [-0.2, -0.15) is 0 Å². The van der Waals surface area contributed by atoms with Crippen molar-refractivity contribution in [3.8, 4) is 0 Å². The van der Waals surface area contributed by atoms with Crippen molar-refractivity contribution < 1.29 is 0 Å². The minimum atomic E-state index is 0.501. The summed E-state index contributed by atoms with van der Waals surface area (Å²) in [5.41, 5.74) is 7.89. The highest BCUT2D eigenvalue weighted by molar-refractivity contribution is 6.07. The molecule has 2 heteroatoms. The molecule has 0 aliphatic heterocycles. The molecule has 2 N–H and O–H groups in total. The molecule has 0 aromatic heterocycles. The predicted molar refractivity (Wildman–Crippen MR) is 35.4 cm³/mol. The summed E-state index contributed by atoms with van der Waals surface area (Å²) in [5.74, 6) is 1.56. The fourth-order valence-corrected chi connectivity index (χ4v) is 2.75. The van der Waals surface area contributed by atoms with Crippen molar-refractivity contribution >= 4 is 5.71 Å². The van der Waals surface area contributed by atoms with Crippen LogP contribution in [0.15, 0.2) is 4.99 Å². The Bertz CT molecular complexity index is 221. The maximum Gasteiger partial charge on any atom is 0.0276 e. The maximum absolute atomic E-state index is 5.83. The Morgan fingerprint density at radius 2 is 2.56 bits per heavy atom. The van der Waals surface area contributed by atoms with Crippen molar-refractivity contribution in [2.24, 2.45) is 28.0 Å². The number of hydrogen-bond donors (Lipinski definition) is 1. The van der Waals surface area contributed by atoms with Gasteiger partial charge < -0.3 is 5.73 Å². The highest BCUT2D eigenvalue weighted by atomic mass is 15.1. The fraction of sp³-hybridized carbons (Fsp3) is 0.857. The van der Waals surface area contributed by atoms with Crippen molar-refractivity contribution in [1.82, 2.24) is 0 Å². The molecule has 3 fully saturated rings. The van der Waals surface area contributed by atoms with Gasteiger partial charge in [-0.05, 0) is 6.42 Å². The average Bonchev–Trinajstić information content (AvgIpc) is 2.56. The second kappa shape index (κ2) is 0.870. The molecule has 0 aromatic carbocycles. The number of nitrogens with two attached hydrogens (primary N) is 1. The number of hydrogen-bond acceptors (Lipinski definition) is 2. The number of aliphatic imine (C=N–C) groups is 1. The van der Waals surface area contributed by atoms with E-state index in [2.05, 4.69) is 4.99 Å². The van der Waals surface area contributed by atoms with E-state index in [9.17, 15) is 0 Å². The van der Waals surface area contributed by atoms with Gasteiger partial charge in [-0.25, -0.2) is 0 Å². The summed E-state index contributed by atoms with van der Waals surface area (Å²) in [6.45, 7) is 0. The number of rotatable bonds is 0. The summed E-state index contributed by atoms with van der Waals surface area (Å²) in [6.07, 6.45) is 1.35. The summed E-state index contributed by atoms with van der Waals surface area (Å²) in [4.78, 5) is 4.22. The van der Waals surface area contributed by atoms with Gasteiger partial charge in [-0.1, -0.05) is 0 Å². The highest BCUT2D eigenvalue weighted by Gasteiger charge is 2.88. The summed E-state index contributed by atoms with van der Waals surface area (Å²) in [5, 5.41) is 0. The zero-order valence-corrected chi connectivity index (χ0v) is 5.46. The van der Waals surface area contributed by atoms with Crippen molar-refractivity contribution in [2.45, 2.75) is 12.5 Å². The Labute approximate surface area is 54.1 Å². The molecule has 3 aliphatic rings. The fourth-order valence-electron chi connectivity index (χ4n) is 2.75. The van der Waals surface area contributed by atoms with E-state index < -0.39 is 0 Å². The van der Waals surface area contributed by atoms with Crippen LogP contribution in [0.1, 0.15) is 6.42 Å². The molecular formula is C7H10N2. The summed E-state index contributed by atoms with van der Waals surface area (Å²) < 4.78 is 0. The first-order valence-corrected chi connectivity index (χ1v) is 3.54. The standard InChI is InChI=1S/C7H10N2/c1-9-5-3-2-7(3)4(5)6(7)8/h3-4,6H,2,8H2,1H3. The molecule has 4 unspecified atom stereocenters. The van der Waals surface area contributed by atoms with Crippen molar-refractivity contribution in [1.29, 1.82) is 0 Å². The van der Waals surface area contributed by atoms with E-state index in [-0.39, 0.29) is 0 Å². The lowest BCUT2D eigenvalue weighted by atomic mass is 9.98. The van der Waals surface area contributed by atoms with Crippen LogP contribution in [0.25, 0.3) is 0 Å². The maximum atomic E-state index is 5.83. The van der Waals surface area contributed by atoms with Crippen LogP contribution in [0.5, 0.6) is 0 Å². The third-order valence-electron chi connectivity index (χ3n) is 3.43. The monoisotopic (exact) mass is 122 g/mol. The largest absolute Gasteiger partial charge is 0.327 e. The predicted octanol–water partition coefficient (Wildman–Crippen LogP) is 0.0342. The van der Waals surface area contributed by atoms with Crippen LogP contribution in [0.2, 0.25) is 0 Å². The number of nitrogens with zero attached hydrogens (tertiary/aromatic N) is 1. The molecule has 0 heterocycles. The second-order valence-corrected chi connectivity index (χ2v) is 3.52. The zero-order valence-electron chi connectivity index (χ0n) is 5.46. The molecule has 4 atom stereocenters. The molecule has 2 nitrogen and oxygen atoms in total. The smallest absolute Gasteiger partial charge is 0.0276 e. The van der Waals surface area contributed by atoms with E-state index in [1.165, 1.54) is 12.1 Å². The van der Waals surface area contributed by atoms with Crippen molar-refractivity contribution in [3.05, 3.63) is 0 Å². The lowest BCUT2D eigenvalue weighted by Gasteiger charge is -2.09. The van der Waals surface area contributed by atoms with Gasteiger partial charge in [0, 0.05) is 36.1 Å². The SMILES string of the molecule is CN=C1C2CC23C(N)C13. The molecule has 3 rings (SSSR count). The van der Waals surface area contributed by atoms with Crippen LogP contribution < -0.4 is 5.73 Å². The lowest BCUT2D eigenvalue weighted by Crippen LogP contribution is -2.17. The first-order chi connectivity index (χ1) is 4.32. The van der Waals surface area contributed by atoms with E-state index in [0.717, 1.165) is 11.8 Å². The van der Waals surface area contributed by atoms with Crippen molar-refractivity contribution in [2.75, 3.05) is 7.05 Å². The van der Waals surface area contributed by atoms with Gasteiger partial charge >= 0.3 is 0 Å². The first kappa shape index (κ1) is 4.45. The van der Waals surface area contributed by atoms with Gasteiger partial charge in [0.15, 0.2) is 0 Å². The molecule has 1 spiro atoms. The minimum absolute atomic E-state index is 0.501. The normalized spacial score (nSPS) is 70.4. The molecule has 3 aliphatic carbocycles. The molecule has 0 amide bonds. The topological polar surface area (TPSA) is 38.4 Å². The summed E-state index contributed by atoms with van der Waals surface area (Å²) >= 11 is 0. The molecule has 0 aromatic rings. The van der Waals surface area contributed by atoms with Gasteiger partial charge in [0.1, 0.15) is 0 Å². The third-order valence-corrected chi connectivity index (χ3v) is 3.43. The van der Waals surface area contributed by atoms with E-state index >= 15 is 0 Å². The van der Waals surface area contributed by atoms with Gasteiger partial charge in [0.05, 0.1) is 0 Å². The van der Waals surface area contributed by atoms with Crippen LogP contribution in [-0.4, -0.2) is 18.8 Å². The third kappa shape index (κ3) is 0.227. The molecule has 0 bridgehead atoms. The Morgan fingerprint density at radius 3 is 2.78 bits per heavy atom. The van der Waals surface area contributed by atoms with Gasteiger partial charge in [0.2, 0.25) is 0 Å². The highest BCUT2D eigenvalue weighted by Crippen LogP contribution is 2.84. The van der Waals surface area contributed by atoms with Crippen LogP contribution in [0, 0.1) is 17.3 Å². The minimum Gasteiger partial charge on any atom is -0.327 e. The Kier molecular flexibility index (Phi) is 0.430. The molecular weight excluding hydrogens is 112 g/mol. The van der Waals surface area contributed by atoms with Gasteiger partial charge in [-0.15, -0.1) is 0 Å². The molecule has 3 saturated carbocycles.